The Hall–Kier alpha value is -0.870. The van der Waals surface area contributed by atoms with Crippen LogP contribution in [0.5, 0.6) is 5.75 Å². The Morgan fingerprint density at radius 2 is 2.22 bits per heavy atom. The number of nitrogens with two attached hydrogens (primary N) is 1. The van der Waals surface area contributed by atoms with Gasteiger partial charge in [-0.2, -0.15) is 11.8 Å². The monoisotopic (exact) mass is 266 g/mol. The van der Waals surface area contributed by atoms with Crippen molar-refractivity contribution in [3.05, 3.63) is 23.8 Å². The predicted octanol–water partition coefficient (Wildman–Crippen LogP) is 2.60. The van der Waals surface area contributed by atoms with Crippen molar-refractivity contribution in [1.29, 1.82) is 0 Å². The SMILES string of the molecule is COc1ccc(N)cc1CN1CCSC(C)(C)C1. The van der Waals surface area contributed by atoms with Gasteiger partial charge in [0.1, 0.15) is 5.75 Å². The second-order valence-electron chi connectivity index (χ2n) is 5.39. The van der Waals surface area contributed by atoms with Gasteiger partial charge < -0.3 is 10.5 Å². The van der Waals surface area contributed by atoms with Gasteiger partial charge in [0.15, 0.2) is 0 Å². The molecule has 18 heavy (non-hydrogen) atoms. The van der Waals surface area contributed by atoms with Crippen LogP contribution < -0.4 is 10.5 Å². The number of nitrogen functional groups attached to an aromatic ring is 1. The highest BCUT2D eigenvalue weighted by Gasteiger charge is 2.27. The third-order valence-corrected chi connectivity index (χ3v) is 4.50. The van der Waals surface area contributed by atoms with Crippen LogP contribution in [0.1, 0.15) is 19.4 Å². The third-order valence-electron chi connectivity index (χ3n) is 3.20. The molecule has 1 fully saturated rings. The summed E-state index contributed by atoms with van der Waals surface area (Å²) in [6, 6.07) is 5.86. The molecule has 2 rings (SSSR count). The second kappa shape index (κ2) is 5.41. The first kappa shape index (κ1) is 13.6. The second-order valence-corrected chi connectivity index (χ2v) is 7.19. The summed E-state index contributed by atoms with van der Waals surface area (Å²) in [6.45, 7) is 7.76. The molecule has 1 aromatic carbocycles. The molecule has 0 aliphatic carbocycles. The number of anilines is 1. The number of ether oxygens (including phenoxy) is 1. The number of thioether (sulfide) groups is 1. The first-order chi connectivity index (χ1) is 8.50. The molecule has 0 bridgehead atoms. The minimum absolute atomic E-state index is 0.339. The lowest BCUT2D eigenvalue weighted by Crippen LogP contribution is -2.42. The first-order valence-corrected chi connectivity index (χ1v) is 7.27. The van der Waals surface area contributed by atoms with Crippen LogP contribution in [0.2, 0.25) is 0 Å². The van der Waals surface area contributed by atoms with E-state index < -0.39 is 0 Å². The van der Waals surface area contributed by atoms with Crippen molar-refractivity contribution >= 4 is 17.4 Å². The van der Waals surface area contributed by atoms with Crippen molar-refractivity contribution in [2.45, 2.75) is 25.1 Å². The van der Waals surface area contributed by atoms with E-state index in [9.17, 15) is 0 Å². The number of methoxy groups -OCH3 is 1. The maximum atomic E-state index is 5.86. The van der Waals surface area contributed by atoms with Gasteiger partial charge in [-0.25, -0.2) is 0 Å². The van der Waals surface area contributed by atoms with E-state index in [0.717, 1.165) is 31.1 Å². The smallest absolute Gasteiger partial charge is 0.123 e. The molecular formula is C14H22N2OS. The average molecular weight is 266 g/mol. The maximum Gasteiger partial charge on any atom is 0.123 e. The zero-order chi connectivity index (χ0) is 13.2. The molecule has 0 aromatic heterocycles. The predicted molar refractivity (Wildman–Crippen MR) is 79.2 cm³/mol. The third kappa shape index (κ3) is 3.33. The summed E-state index contributed by atoms with van der Waals surface area (Å²) >= 11 is 2.05. The van der Waals surface area contributed by atoms with Crippen molar-refractivity contribution in [3.63, 3.8) is 0 Å². The Labute approximate surface area is 114 Å². The highest BCUT2D eigenvalue weighted by molar-refractivity contribution is 8.00. The van der Waals surface area contributed by atoms with Crippen LogP contribution in [0.25, 0.3) is 0 Å². The molecule has 0 atom stereocenters. The van der Waals surface area contributed by atoms with Crippen molar-refractivity contribution < 1.29 is 4.74 Å². The van der Waals surface area contributed by atoms with Crippen LogP contribution >= 0.6 is 11.8 Å². The lowest BCUT2D eigenvalue weighted by Gasteiger charge is -2.37. The van der Waals surface area contributed by atoms with Gasteiger partial charge in [0, 0.05) is 41.4 Å². The minimum Gasteiger partial charge on any atom is -0.496 e. The largest absolute Gasteiger partial charge is 0.496 e. The summed E-state index contributed by atoms with van der Waals surface area (Å²) in [5.74, 6) is 2.12. The highest BCUT2D eigenvalue weighted by Crippen LogP contribution is 2.31. The molecule has 0 amide bonds. The molecule has 0 radical (unpaired) electrons. The molecule has 0 spiro atoms. The Morgan fingerprint density at radius 3 is 2.89 bits per heavy atom. The van der Waals surface area contributed by atoms with E-state index in [2.05, 4.69) is 30.5 Å². The molecule has 1 aromatic rings. The Kier molecular flexibility index (Phi) is 4.07. The van der Waals surface area contributed by atoms with E-state index >= 15 is 0 Å². The minimum atomic E-state index is 0.339. The Balaban J connectivity index is 2.11. The molecule has 0 saturated carbocycles. The Morgan fingerprint density at radius 1 is 1.44 bits per heavy atom. The van der Waals surface area contributed by atoms with E-state index in [1.807, 2.05) is 18.2 Å². The van der Waals surface area contributed by atoms with Gasteiger partial charge in [-0.05, 0) is 32.0 Å². The van der Waals surface area contributed by atoms with Crippen molar-refractivity contribution in [2.75, 3.05) is 31.7 Å². The number of hydrogen-bond acceptors (Lipinski definition) is 4. The summed E-state index contributed by atoms with van der Waals surface area (Å²) in [5.41, 5.74) is 7.85. The number of benzene rings is 1. The number of nitrogens with zero attached hydrogens (tertiary/aromatic N) is 1. The molecule has 2 N–H and O–H groups in total. The lowest BCUT2D eigenvalue weighted by molar-refractivity contribution is 0.248. The van der Waals surface area contributed by atoms with Crippen LogP contribution in [0.3, 0.4) is 0 Å². The summed E-state index contributed by atoms with van der Waals surface area (Å²) < 4.78 is 5.75. The molecular weight excluding hydrogens is 244 g/mol. The van der Waals surface area contributed by atoms with Crippen LogP contribution in [0.4, 0.5) is 5.69 Å². The van der Waals surface area contributed by atoms with E-state index in [1.165, 1.54) is 11.3 Å². The molecule has 1 aliphatic rings. The standard InChI is InChI=1S/C14H22N2OS/c1-14(2)10-16(6-7-18-14)9-11-8-12(15)4-5-13(11)17-3/h4-5,8H,6-7,9-10,15H2,1-3H3. The van der Waals surface area contributed by atoms with Crippen LogP contribution in [-0.4, -0.2) is 35.6 Å². The molecule has 100 valence electrons. The van der Waals surface area contributed by atoms with Crippen molar-refractivity contribution in [2.24, 2.45) is 0 Å². The summed E-state index contributed by atoms with van der Waals surface area (Å²) in [5, 5.41) is 0. The van der Waals surface area contributed by atoms with Gasteiger partial charge >= 0.3 is 0 Å². The fraction of sp³-hybridized carbons (Fsp3) is 0.571. The van der Waals surface area contributed by atoms with Crippen molar-refractivity contribution in [3.8, 4) is 5.75 Å². The lowest BCUT2D eigenvalue weighted by atomic mass is 10.1. The van der Waals surface area contributed by atoms with Crippen LogP contribution in [0.15, 0.2) is 18.2 Å². The fourth-order valence-corrected chi connectivity index (χ4v) is 3.59. The quantitative estimate of drug-likeness (QED) is 0.854. The van der Waals surface area contributed by atoms with E-state index in [0.29, 0.717) is 4.75 Å². The molecule has 1 aliphatic heterocycles. The van der Waals surface area contributed by atoms with E-state index in [4.69, 9.17) is 10.5 Å². The van der Waals surface area contributed by atoms with E-state index in [-0.39, 0.29) is 0 Å². The van der Waals surface area contributed by atoms with Gasteiger partial charge in [-0.3, -0.25) is 4.90 Å². The number of rotatable bonds is 3. The average Bonchev–Trinajstić information content (AvgIpc) is 2.28. The molecule has 1 saturated heterocycles. The molecule has 4 heteroatoms. The van der Waals surface area contributed by atoms with Gasteiger partial charge in [0.05, 0.1) is 7.11 Å². The summed E-state index contributed by atoms with van der Waals surface area (Å²) in [4.78, 5) is 2.48. The first-order valence-electron chi connectivity index (χ1n) is 6.29. The normalized spacial score (nSPS) is 19.7. The van der Waals surface area contributed by atoms with E-state index in [1.54, 1.807) is 7.11 Å². The molecule has 0 unspecified atom stereocenters. The topological polar surface area (TPSA) is 38.5 Å². The molecule has 1 heterocycles. The summed E-state index contributed by atoms with van der Waals surface area (Å²) in [6.07, 6.45) is 0. The van der Waals surface area contributed by atoms with Crippen LogP contribution in [0, 0.1) is 0 Å². The number of hydrogen-bond donors (Lipinski definition) is 1. The van der Waals surface area contributed by atoms with Gasteiger partial charge in [0.2, 0.25) is 0 Å². The summed E-state index contributed by atoms with van der Waals surface area (Å²) in [7, 11) is 1.71. The van der Waals surface area contributed by atoms with Gasteiger partial charge in [-0.15, -0.1) is 0 Å². The van der Waals surface area contributed by atoms with Crippen molar-refractivity contribution in [1.82, 2.24) is 4.90 Å². The fourth-order valence-electron chi connectivity index (χ4n) is 2.41. The van der Waals surface area contributed by atoms with Gasteiger partial charge in [0.25, 0.3) is 0 Å². The highest BCUT2D eigenvalue weighted by atomic mass is 32.2. The zero-order valence-electron chi connectivity index (χ0n) is 11.4. The maximum absolute atomic E-state index is 5.86. The van der Waals surface area contributed by atoms with Gasteiger partial charge in [-0.1, -0.05) is 0 Å². The zero-order valence-corrected chi connectivity index (χ0v) is 12.2. The molecule has 3 nitrogen and oxygen atoms in total. The Bertz CT molecular complexity index is 420. The van der Waals surface area contributed by atoms with Crippen LogP contribution in [-0.2, 0) is 6.54 Å².